The molecule has 2 aromatic heterocycles. The average molecular weight is 648 g/mol. The number of nitrogens with one attached hydrogen (secondary N) is 4. The molecule has 1 aliphatic heterocycles. The van der Waals surface area contributed by atoms with Crippen molar-refractivity contribution in [3.63, 3.8) is 0 Å². The van der Waals surface area contributed by atoms with Gasteiger partial charge in [-0.25, -0.2) is 4.98 Å². The predicted octanol–water partition coefficient (Wildman–Crippen LogP) is 5.75. The summed E-state index contributed by atoms with van der Waals surface area (Å²) in [6.45, 7) is 13.3. The number of nitrogens with zero attached hydrogens (tertiary/aromatic N) is 3. The molecule has 1 spiro atoms. The molecular formula is C39H49N7O2. The van der Waals surface area contributed by atoms with Crippen LogP contribution in [0.25, 0.3) is 11.1 Å². The van der Waals surface area contributed by atoms with Crippen LogP contribution in [0.1, 0.15) is 78.7 Å². The van der Waals surface area contributed by atoms with Crippen molar-refractivity contribution in [3.8, 4) is 11.1 Å². The fourth-order valence-corrected chi connectivity index (χ4v) is 10.9. The van der Waals surface area contributed by atoms with E-state index in [0.717, 1.165) is 83.0 Å². The summed E-state index contributed by atoms with van der Waals surface area (Å²) < 4.78 is 0. The van der Waals surface area contributed by atoms with Gasteiger partial charge in [-0.2, -0.15) is 0 Å². The highest BCUT2D eigenvalue weighted by atomic mass is 16.1. The van der Waals surface area contributed by atoms with Crippen LogP contribution in [0.15, 0.2) is 41.3 Å². The van der Waals surface area contributed by atoms with Crippen LogP contribution in [0.2, 0.25) is 0 Å². The van der Waals surface area contributed by atoms with Crippen LogP contribution in [0, 0.1) is 47.8 Å². The molecule has 9 nitrogen and oxygen atoms in total. The van der Waals surface area contributed by atoms with Crippen LogP contribution >= 0.6 is 0 Å². The highest BCUT2D eigenvalue weighted by Crippen LogP contribution is 2.93. The number of carbonyl (C=O) groups is 1. The normalized spacial score (nSPS) is 28.3. The van der Waals surface area contributed by atoms with Crippen molar-refractivity contribution in [3.05, 3.63) is 74.8 Å². The number of carbonyl (C=O) groups excluding carboxylic acids is 1. The minimum absolute atomic E-state index is 0.0987. The highest BCUT2D eigenvalue weighted by Gasteiger charge is 2.86. The summed E-state index contributed by atoms with van der Waals surface area (Å²) in [6.07, 6.45) is 10.7. The quantitative estimate of drug-likeness (QED) is 0.197. The van der Waals surface area contributed by atoms with Crippen molar-refractivity contribution >= 4 is 23.6 Å². The molecule has 8 rings (SSSR count). The van der Waals surface area contributed by atoms with E-state index in [-0.39, 0.29) is 24.1 Å². The standard InChI is InChI=1S/C39H49N7O2/c1-23(2)43-34-15-27(14-31(32(34)20-40)36(47)42-22-33-24(3)13-25(4)44-37(33)48)26-5-6-35(41-21-26)46-11-9-45(10-12-46)8-7-38-18-29-16-28-17-30(19-38)39(28,29)38/h5-6,13-15,20-21,23,28-30,40,43H,7-12,16-19,22H2,1-4H3,(H,42,47)(H,44,48)/t28?,29-,30?,38?,39?/m0/s1. The first-order chi connectivity index (χ1) is 23.1. The Balaban J connectivity index is 0.939. The van der Waals surface area contributed by atoms with Gasteiger partial charge in [0.1, 0.15) is 5.82 Å². The fourth-order valence-electron chi connectivity index (χ4n) is 10.9. The second-order valence-corrected chi connectivity index (χ2v) is 15.7. The van der Waals surface area contributed by atoms with Gasteiger partial charge in [-0.05, 0) is 136 Å². The van der Waals surface area contributed by atoms with Gasteiger partial charge in [0, 0.05) is 79.2 Å². The zero-order valence-corrected chi connectivity index (χ0v) is 28.8. The van der Waals surface area contributed by atoms with E-state index >= 15 is 0 Å². The number of H-pyrrole nitrogens is 1. The Morgan fingerprint density at radius 3 is 2.42 bits per heavy atom. The number of anilines is 2. The molecule has 0 radical (unpaired) electrons. The van der Waals surface area contributed by atoms with E-state index in [4.69, 9.17) is 10.4 Å². The Morgan fingerprint density at radius 2 is 1.81 bits per heavy atom. The number of hydrogen-bond acceptors (Lipinski definition) is 7. The van der Waals surface area contributed by atoms with Gasteiger partial charge in [-0.3, -0.25) is 14.5 Å². The lowest BCUT2D eigenvalue weighted by atomic mass is 9.13. The first-order valence-electron chi connectivity index (χ1n) is 18.0. The maximum Gasteiger partial charge on any atom is 0.253 e. The topological polar surface area (TPSA) is 117 Å². The maximum atomic E-state index is 13.6. The Bertz CT molecular complexity index is 1800. The fraction of sp³-hybridized carbons (Fsp3) is 0.538. The van der Waals surface area contributed by atoms with Gasteiger partial charge in [0.15, 0.2) is 0 Å². The van der Waals surface area contributed by atoms with E-state index in [2.05, 4.69) is 37.6 Å². The third-order valence-electron chi connectivity index (χ3n) is 13.0. The van der Waals surface area contributed by atoms with Crippen LogP contribution < -0.4 is 21.1 Å². The molecule has 48 heavy (non-hydrogen) atoms. The van der Waals surface area contributed by atoms with E-state index < -0.39 is 0 Å². The van der Waals surface area contributed by atoms with Crippen LogP contribution in [0.4, 0.5) is 11.5 Å². The Hall–Kier alpha value is -3.98. The lowest BCUT2D eigenvalue weighted by Crippen LogP contribution is -2.85. The molecular weight excluding hydrogens is 598 g/mol. The van der Waals surface area contributed by atoms with E-state index in [1.54, 1.807) is 12.8 Å². The molecule has 1 aromatic carbocycles. The summed E-state index contributed by atoms with van der Waals surface area (Å²) >= 11 is 0. The summed E-state index contributed by atoms with van der Waals surface area (Å²) in [7, 11) is 0. The Labute approximate surface area is 283 Å². The number of amides is 1. The smallest absolute Gasteiger partial charge is 0.253 e. The highest BCUT2D eigenvalue weighted by molar-refractivity contribution is 6.06. The molecule has 0 bridgehead atoms. The van der Waals surface area contributed by atoms with E-state index in [0.29, 0.717) is 22.4 Å². The van der Waals surface area contributed by atoms with E-state index in [1.165, 1.54) is 32.0 Å². The number of aromatic nitrogens is 2. The SMILES string of the molecule is Cc1cc(C)c(CNC(=O)c2cc(-c3ccc(N4CCN(CCC56CC7CC8C[C@@H](C5)C876)CC4)nc3)cc(NC(C)C)c2C=N)c(=O)[nH]1. The molecule has 5 fully saturated rings. The number of aryl methyl sites for hydroxylation is 2. The molecule has 4 aliphatic carbocycles. The summed E-state index contributed by atoms with van der Waals surface area (Å²) in [6, 6.07) is 9.99. The maximum absolute atomic E-state index is 13.6. The third-order valence-corrected chi connectivity index (χ3v) is 13.0. The van der Waals surface area contributed by atoms with Crippen molar-refractivity contribution < 1.29 is 4.79 Å². The van der Waals surface area contributed by atoms with Crippen molar-refractivity contribution in [2.45, 2.75) is 72.4 Å². The minimum atomic E-state index is -0.335. The molecule has 4 unspecified atom stereocenters. The lowest BCUT2D eigenvalue weighted by molar-refractivity contribution is -0.433. The summed E-state index contributed by atoms with van der Waals surface area (Å²) in [4.78, 5) is 38.9. The first kappa shape index (κ1) is 31.3. The summed E-state index contributed by atoms with van der Waals surface area (Å²) in [5.74, 6) is 3.93. The average Bonchev–Trinajstić information content (AvgIpc) is 3.02. The van der Waals surface area contributed by atoms with Gasteiger partial charge in [-0.1, -0.05) is 0 Å². The number of piperazine rings is 1. The van der Waals surface area contributed by atoms with E-state index in [1.807, 2.05) is 52.1 Å². The molecule has 252 valence electrons. The second kappa shape index (κ2) is 11.6. The molecule has 4 N–H and O–H groups in total. The molecule has 1 saturated heterocycles. The van der Waals surface area contributed by atoms with Crippen LogP contribution in [-0.2, 0) is 6.54 Å². The van der Waals surface area contributed by atoms with Crippen molar-refractivity contribution in [1.82, 2.24) is 20.2 Å². The number of aromatic amines is 1. The molecule has 9 heteroatoms. The van der Waals surface area contributed by atoms with Gasteiger partial charge in [0.25, 0.3) is 11.5 Å². The Kier molecular flexibility index (Phi) is 7.55. The summed E-state index contributed by atoms with van der Waals surface area (Å²) in [5.41, 5.74) is 6.84. The number of benzene rings is 1. The zero-order chi connectivity index (χ0) is 33.4. The lowest BCUT2D eigenvalue weighted by Gasteiger charge is -2.92. The number of pyridine rings is 2. The predicted molar refractivity (Wildman–Crippen MR) is 191 cm³/mol. The minimum Gasteiger partial charge on any atom is -0.382 e. The largest absolute Gasteiger partial charge is 0.382 e. The third kappa shape index (κ3) is 4.75. The molecule has 3 heterocycles. The van der Waals surface area contributed by atoms with Crippen molar-refractivity contribution in [2.75, 3.05) is 42.9 Å². The van der Waals surface area contributed by atoms with Gasteiger partial charge in [0.05, 0.1) is 5.56 Å². The van der Waals surface area contributed by atoms with Crippen LogP contribution in [-0.4, -0.2) is 65.8 Å². The van der Waals surface area contributed by atoms with Crippen molar-refractivity contribution in [1.29, 1.82) is 5.41 Å². The van der Waals surface area contributed by atoms with Gasteiger partial charge in [-0.15, -0.1) is 0 Å². The first-order valence-corrected chi connectivity index (χ1v) is 18.0. The molecule has 1 amide bonds. The monoisotopic (exact) mass is 647 g/mol. The molecule has 5 atom stereocenters. The number of rotatable bonds is 11. The molecule has 4 saturated carbocycles. The summed E-state index contributed by atoms with van der Waals surface area (Å²) in [5, 5.41) is 14.5. The van der Waals surface area contributed by atoms with Gasteiger partial charge < -0.3 is 25.9 Å². The molecule has 5 aliphatic rings. The van der Waals surface area contributed by atoms with Crippen LogP contribution in [0.3, 0.4) is 0 Å². The number of hydrogen-bond donors (Lipinski definition) is 4. The van der Waals surface area contributed by atoms with Crippen LogP contribution in [0.5, 0.6) is 0 Å². The zero-order valence-electron chi connectivity index (χ0n) is 28.8. The Morgan fingerprint density at radius 1 is 1.06 bits per heavy atom. The van der Waals surface area contributed by atoms with Crippen molar-refractivity contribution in [2.24, 2.45) is 28.6 Å². The second-order valence-electron chi connectivity index (χ2n) is 15.7. The van der Waals surface area contributed by atoms with Gasteiger partial charge >= 0.3 is 0 Å². The molecule has 3 aromatic rings. The van der Waals surface area contributed by atoms with Gasteiger partial charge in [0.2, 0.25) is 0 Å². The van der Waals surface area contributed by atoms with E-state index in [9.17, 15) is 9.59 Å².